The molecule has 0 saturated heterocycles. The number of rotatable bonds is 2. The van der Waals surface area contributed by atoms with Gasteiger partial charge in [-0.25, -0.2) is 4.98 Å². The molecule has 4 rings (SSSR count). The van der Waals surface area contributed by atoms with Crippen LogP contribution in [0.1, 0.15) is 16.2 Å². The summed E-state index contributed by atoms with van der Waals surface area (Å²) < 4.78 is 0. The van der Waals surface area contributed by atoms with Crippen molar-refractivity contribution in [3.63, 3.8) is 0 Å². The topological polar surface area (TPSA) is 58.6 Å². The molecule has 0 radical (unpaired) electrons. The summed E-state index contributed by atoms with van der Waals surface area (Å²) in [4.78, 5) is 24.2. The molecular formula is C15H9N3OS. The zero-order valence-corrected chi connectivity index (χ0v) is 11.1. The Kier molecular flexibility index (Phi) is 2.40. The number of carbonyl (C=O) groups excluding carboxylic acids is 1. The van der Waals surface area contributed by atoms with Gasteiger partial charge in [0, 0.05) is 16.3 Å². The van der Waals surface area contributed by atoms with Crippen LogP contribution in [0.4, 0.5) is 0 Å². The number of hydrogen-bond acceptors (Lipinski definition) is 4. The summed E-state index contributed by atoms with van der Waals surface area (Å²) in [5, 5.41) is 4.66. The van der Waals surface area contributed by atoms with Crippen molar-refractivity contribution < 1.29 is 4.79 Å². The maximum Gasteiger partial charge on any atom is 0.229 e. The highest BCUT2D eigenvalue weighted by atomic mass is 32.1. The van der Waals surface area contributed by atoms with Crippen molar-refractivity contribution in [2.75, 3.05) is 0 Å². The maximum atomic E-state index is 12.3. The zero-order valence-electron chi connectivity index (χ0n) is 10.3. The number of benzene rings is 1. The van der Waals surface area contributed by atoms with Crippen LogP contribution in [0.5, 0.6) is 0 Å². The molecule has 0 bridgehead atoms. The number of nitrogens with zero attached hydrogens (tertiary/aromatic N) is 2. The standard InChI is InChI=1S/C15H9N3OS/c19-14(9-5-6-20-8-9)15-17-12-7-16-11-4-2-1-3-10(11)13(12)18-15/h1-8H,(H,17,18). The molecule has 0 aliphatic carbocycles. The number of nitrogens with one attached hydrogen (secondary N) is 1. The van der Waals surface area contributed by atoms with E-state index in [-0.39, 0.29) is 5.78 Å². The molecule has 0 amide bonds. The van der Waals surface area contributed by atoms with Crippen LogP contribution >= 0.6 is 11.3 Å². The third kappa shape index (κ3) is 1.64. The molecule has 0 atom stereocenters. The van der Waals surface area contributed by atoms with E-state index >= 15 is 0 Å². The lowest BCUT2D eigenvalue weighted by atomic mass is 10.2. The van der Waals surface area contributed by atoms with Crippen molar-refractivity contribution in [2.24, 2.45) is 0 Å². The smallest absolute Gasteiger partial charge is 0.229 e. The van der Waals surface area contributed by atoms with Gasteiger partial charge in [0.2, 0.25) is 5.78 Å². The van der Waals surface area contributed by atoms with E-state index in [0.717, 1.165) is 21.9 Å². The predicted octanol–water partition coefficient (Wildman–Crippen LogP) is 3.40. The Balaban J connectivity index is 1.95. The summed E-state index contributed by atoms with van der Waals surface area (Å²) in [6, 6.07) is 9.58. The monoisotopic (exact) mass is 279 g/mol. The van der Waals surface area contributed by atoms with E-state index in [9.17, 15) is 4.79 Å². The van der Waals surface area contributed by atoms with E-state index in [1.54, 1.807) is 12.3 Å². The van der Waals surface area contributed by atoms with E-state index < -0.39 is 0 Å². The number of imidazole rings is 1. The molecule has 96 valence electrons. The van der Waals surface area contributed by atoms with Gasteiger partial charge in [-0.15, -0.1) is 0 Å². The molecule has 0 aliphatic rings. The number of ketones is 1. The highest BCUT2D eigenvalue weighted by Crippen LogP contribution is 2.22. The van der Waals surface area contributed by atoms with E-state index in [1.165, 1.54) is 11.3 Å². The van der Waals surface area contributed by atoms with Crippen LogP contribution in [0.2, 0.25) is 0 Å². The first kappa shape index (κ1) is 11.3. The molecule has 20 heavy (non-hydrogen) atoms. The fourth-order valence-electron chi connectivity index (χ4n) is 2.24. The van der Waals surface area contributed by atoms with Crippen molar-refractivity contribution in [1.29, 1.82) is 0 Å². The SMILES string of the molecule is O=C(c1ccsc1)c1nc2c(cnc3ccccc32)[nH]1. The second-order valence-electron chi connectivity index (χ2n) is 4.46. The molecule has 0 spiro atoms. The number of H-pyrrole nitrogens is 1. The summed E-state index contributed by atoms with van der Waals surface area (Å²) in [7, 11) is 0. The molecule has 3 aromatic heterocycles. The van der Waals surface area contributed by atoms with Crippen LogP contribution in [-0.2, 0) is 0 Å². The van der Waals surface area contributed by atoms with Gasteiger partial charge in [-0.2, -0.15) is 11.3 Å². The zero-order chi connectivity index (χ0) is 13.5. The van der Waals surface area contributed by atoms with Gasteiger partial charge >= 0.3 is 0 Å². The Labute approximate surface area is 118 Å². The second-order valence-corrected chi connectivity index (χ2v) is 5.24. The summed E-state index contributed by atoms with van der Waals surface area (Å²) in [6.45, 7) is 0. The van der Waals surface area contributed by atoms with Crippen LogP contribution < -0.4 is 0 Å². The Morgan fingerprint density at radius 3 is 2.95 bits per heavy atom. The molecule has 1 N–H and O–H groups in total. The number of para-hydroxylation sites is 1. The summed E-state index contributed by atoms with van der Waals surface area (Å²) in [5.74, 6) is 0.267. The second kappa shape index (κ2) is 4.25. The third-order valence-corrected chi connectivity index (χ3v) is 3.91. The lowest BCUT2D eigenvalue weighted by Crippen LogP contribution is -2.01. The number of fused-ring (bicyclic) bond motifs is 3. The average Bonchev–Trinajstić information content (AvgIpc) is 3.15. The molecule has 0 unspecified atom stereocenters. The van der Waals surface area contributed by atoms with Gasteiger partial charge in [0.25, 0.3) is 0 Å². The lowest BCUT2D eigenvalue weighted by molar-refractivity contribution is 0.103. The molecule has 0 aliphatic heterocycles. The van der Waals surface area contributed by atoms with Crippen LogP contribution in [0.3, 0.4) is 0 Å². The molecule has 1 aromatic carbocycles. The quantitative estimate of drug-likeness (QED) is 0.572. The Hall–Kier alpha value is -2.53. The van der Waals surface area contributed by atoms with Crippen LogP contribution in [0, 0.1) is 0 Å². The minimum Gasteiger partial charge on any atom is -0.334 e. The molecular weight excluding hydrogens is 270 g/mol. The fourth-order valence-corrected chi connectivity index (χ4v) is 2.88. The first-order chi connectivity index (χ1) is 9.83. The maximum absolute atomic E-state index is 12.3. The van der Waals surface area contributed by atoms with E-state index in [2.05, 4.69) is 15.0 Å². The first-order valence-electron chi connectivity index (χ1n) is 6.13. The Morgan fingerprint density at radius 2 is 2.10 bits per heavy atom. The van der Waals surface area contributed by atoms with E-state index in [4.69, 9.17) is 0 Å². The van der Waals surface area contributed by atoms with Gasteiger partial charge in [-0.1, -0.05) is 18.2 Å². The van der Waals surface area contributed by atoms with Gasteiger partial charge in [0.1, 0.15) is 5.52 Å². The summed E-state index contributed by atoms with van der Waals surface area (Å²) in [6.07, 6.45) is 1.72. The predicted molar refractivity (Wildman–Crippen MR) is 79.1 cm³/mol. The van der Waals surface area contributed by atoms with E-state index in [0.29, 0.717) is 11.4 Å². The van der Waals surface area contributed by atoms with Crippen molar-refractivity contribution in [2.45, 2.75) is 0 Å². The summed E-state index contributed by atoms with van der Waals surface area (Å²) in [5.41, 5.74) is 3.10. The Morgan fingerprint density at radius 1 is 1.20 bits per heavy atom. The number of thiophene rings is 1. The lowest BCUT2D eigenvalue weighted by Gasteiger charge is -1.95. The van der Waals surface area contributed by atoms with Crippen LogP contribution in [-0.4, -0.2) is 20.7 Å². The molecule has 0 fully saturated rings. The first-order valence-corrected chi connectivity index (χ1v) is 7.07. The van der Waals surface area contributed by atoms with Crippen LogP contribution in [0.15, 0.2) is 47.3 Å². The fraction of sp³-hybridized carbons (Fsp3) is 0. The number of aromatic nitrogens is 3. The van der Waals surface area contributed by atoms with Crippen molar-refractivity contribution in [3.8, 4) is 0 Å². The van der Waals surface area contributed by atoms with Crippen molar-refractivity contribution in [3.05, 3.63) is 58.7 Å². The third-order valence-electron chi connectivity index (χ3n) is 3.22. The molecule has 0 saturated carbocycles. The minimum atomic E-state index is -0.0912. The molecule has 4 nitrogen and oxygen atoms in total. The van der Waals surface area contributed by atoms with Crippen molar-refractivity contribution in [1.82, 2.24) is 15.0 Å². The average molecular weight is 279 g/mol. The normalized spacial score (nSPS) is 11.2. The van der Waals surface area contributed by atoms with Gasteiger partial charge in [-0.05, 0) is 17.5 Å². The highest BCUT2D eigenvalue weighted by molar-refractivity contribution is 7.08. The number of hydrogen-bond donors (Lipinski definition) is 1. The number of carbonyl (C=O) groups is 1. The molecule has 3 heterocycles. The van der Waals surface area contributed by atoms with Gasteiger partial charge in [-0.3, -0.25) is 9.78 Å². The van der Waals surface area contributed by atoms with Crippen LogP contribution in [0.25, 0.3) is 21.9 Å². The van der Waals surface area contributed by atoms with Gasteiger partial charge in [0.15, 0.2) is 5.82 Å². The van der Waals surface area contributed by atoms with Gasteiger partial charge < -0.3 is 4.98 Å². The van der Waals surface area contributed by atoms with Crippen molar-refractivity contribution >= 4 is 39.1 Å². The Bertz CT molecular complexity index is 925. The number of aromatic amines is 1. The molecule has 5 heteroatoms. The largest absolute Gasteiger partial charge is 0.334 e. The number of pyridine rings is 1. The summed E-state index contributed by atoms with van der Waals surface area (Å²) >= 11 is 1.50. The minimum absolute atomic E-state index is 0.0912. The molecule has 4 aromatic rings. The van der Waals surface area contributed by atoms with Gasteiger partial charge in [0.05, 0.1) is 17.2 Å². The highest BCUT2D eigenvalue weighted by Gasteiger charge is 2.15. The van der Waals surface area contributed by atoms with E-state index in [1.807, 2.05) is 35.0 Å².